The number of hydrogen-bond acceptors (Lipinski definition) is 2. The second-order valence-electron chi connectivity index (χ2n) is 4.30. The van der Waals surface area contributed by atoms with Crippen molar-refractivity contribution in [3.8, 4) is 0 Å². The van der Waals surface area contributed by atoms with Crippen LogP contribution in [0.5, 0.6) is 0 Å². The van der Waals surface area contributed by atoms with E-state index in [-0.39, 0.29) is 5.02 Å². The van der Waals surface area contributed by atoms with Gasteiger partial charge in [0.1, 0.15) is 0 Å². The lowest BCUT2D eigenvalue weighted by molar-refractivity contribution is -0.137. The molecule has 1 aromatic rings. The maximum Gasteiger partial charge on any atom is 0.417 e. The predicted octanol–water partition coefficient (Wildman–Crippen LogP) is 4.52. The molecule has 100 valence electrons. The zero-order valence-electron chi connectivity index (χ0n) is 9.56. The summed E-state index contributed by atoms with van der Waals surface area (Å²) in [6, 6.07) is 3.94. The van der Waals surface area contributed by atoms with E-state index in [0.29, 0.717) is 18.2 Å². The van der Waals surface area contributed by atoms with Gasteiger partial charge in [-0.3, -0.25) is 0 Å². The van der Waals surface area contributed by atoms with Gasteiger partial charge in [-0.05, 0) is 42.0 Å². The average molecular weight is 296 g/mol. The lowest BCUT2D eigenvalue weighted by Gasteiger charge is -2.14. The zero-order valence-corrected chi connectivity index (χ0v) is 11.1. The predicted molar refractivity (Wildman–Crippen MR) is 70.4 cm³/mol. The van der Waals surface area contributed by atoms with Crippen LogP contribution in [0.2, 0.25) is 5.02 Å². The van der Waals surface area contributed by atoms with Crippen molar-refractivity contribution in [1.29, 1.82) is 0 Å². The van der Waals surface area contributed by atoms with E-state index in [1.807, 2.05) is 11.8 Å². The number of anilines is 1. The zero-order chi connectivity index (χ0) is 13.2. The third kappa shape index (κ3) is 3.48. The SMILES string of the molecule is FC(F)(F)c1cc(NCC2CCSC2)ccc1Cl. The molecule has 1 heterocycles. The van der Waals surface area contributed by atoms with Crippen LogP contribution in [0.25, 0.3) is 0 Å². The van der Waals surface area contributed by atoms with Crippen molar-refractivity contribution in [2.24, 2.45) is 5.92 Å². The highest BCUT2D eigenvalue weighted by atomic mass is 35.5. The van der Waals surface area contributed by atoms with Crippen molar-refractivity contribution in [3.05, 3.63) is 28.8 Å². The fourth-order valence-electron chi connectivity index (χ4n) is 1.86. The summed E-state index contributed by atoms with van der Waals surface area (Å²) in [5.41, 5.74) is -0.307. The van der Waals surface area contributed by atoms with Crippen LogP contribution in [0.4, 0.5) is 18.9 Å². The quantitative estimate of drug-likeness (QED) is 0.879. The van der Waals surface area contributed by atoms with E-state index in [1.165, 1.54) is 6.07 Å². The Morgan fingerprint density at radius 3 is 2.78 bits per heavy atom. The number of rotatable bonds is 3. The molecule has 1 unspecified atom stereocenters. The highest BCUT2D eigenvalue weighted by Crippen LogP contribution is 2.36. The standard InChI is InChI=1S/C12H13ClF3NS/c13-11-2-1-9(5-10(11)12(14,15)16)17-6-8-3-4-18-7-8/h1-2,5,8,17H,3-4,6-7H2. The fourth-order valence-corrected chi connectivity index (χ4v) is 3.37. The third-order valence-electron chi connectivity index (χ3n) is 2.89. The van der Waals surface area contributed by atoms with Gasteiger partial charge in [0, 0.05) is 12.2 Å². The lowest BCUT2D eigenvalue weighted by Crippen LogP contribution is -2.14. The summed E-state index contributed by atoms with van der Waals surface area (Å²) in [6.45, 7) is 0.714. The molecule has 1 atom stereocenters. The largest absolute Gasteiger partial charge is 0.417 e. The number of halogens is 4. The molecule has 2 rings (SSSR count). The van der Waals surface area contributed by atoms with Crippen molar-refractivity contribution in [3.63, 3.8) is 0 Å². The summed E-state index contributed by atoms with van der Waals surface area (Å²) >= 11 is 7.44. The lowest BCUT2D eigenvalue weighted by atomic mass is 10.1. The van der Waals surface area contributed by atoms with Gasteiger partial charge >= 0.3 is 6.18 Å². The Bertz CT molecular complexity index is 416. The van der Waals surface area contributed by atoms with E-state index >= 15 is 0 Å². The van der Waals surface area contributed by atoms with Crippen molar-refractivity contribution in [1.82, 2.24) is 0 Å². The molecule has 1 nitrogen and oxygen atoms in total. The maximum atomic E-state index is 12.7. The van der Waals surface area contributed by atoms with Gasteiger partial charge in [0.05, 0.1) is 10.6 Å². The number of nitrogens with one attached hydrogen (secondary N) is 1. The van der Waals surface area contributed by atoms with Crippen molar-refractivity contribution in [2.75, 3.05) is 23.4 Å². The molecule has 0 bridgehead atoms. The van der Waals surface area contributed by atoms with E-state index in [0.717, 1.165) is 24.0 Å². The molecule has 0 aliphatic carbocycles. The molecule has 0 aromatic heterocycles. The Hall–Kier alpha value is -0.550. The van der Waals surface area contributed by atoms with E-state index < -0.39 is 11.7 Å². The first-order valence-corrected chi connectivity index (χ1v) is 7.18. The topological polar surface area (TPSA) is 12.0 Å². The van der Waals surface area contributed by atoms with Crippen LogP contribution in [-0.2, 0) is 6.18 Å². The molecule has 1 aliphatic rings. The minimum atomic E-state index is -4.40. The first kappa shape index (κ1) is 13.9. The Balaban J connectivity index is 2.04. The van der Waals surface area contributed by atoms with Crippen LogP contribution in [0.1, 0.15) is 12.0 Å². The highest BCUT2D eigenvalue weighted by molar-refractivity contribution is 7.99. The number of hydrogen-bond donors (Lipinski definition) is 1. The van der Waals surface area contributed by atoms with Crippen LogP contribution in [0.15, 0.2) is 18.2 Å². The van der Waals surface area contributed by atoms with Crippen LogP contribution in [0, 0.1) is 5.92 Å². The highest BCUT2D eigenvalue weighted by Gasteiger charge is 2.33. The van der Waals surface area contributed by atoms with Crippen LogP contribution < -0.4 is 5.32 Å². The molecular weight excluding hydrogens is 283 g/mol. The molecule has 0 spiro atoms. The van der Waals surface area contributed by atoms with Gasteiger partial charge in [-0.15, -0.1) is 0 Å². The Kier molecular flexibility index (Phi) is 4.33. The molecule has 1 fully saturated rings. The molecule has 6 heteroatoms. The average Bonchev–Trinajstić information content (AvgIpc) is 2.79. The van der Waals surface area contributed by atoms with Crippen LogP contribution in [-0.4, -0.2) is 18.1 Å². The number of benzene rings is 1. The van der Waals surface area contributed by atoms with E-state index in [4.69, 9.17) is 11.6 Å². The monoisotopic (exact) mass is 295 g/mol. The van der Waals surface area contributed by atoms with E-state index in [1.54, 1.807) is 6.07 Å². The first-order chi connectivity index (χ1) is 8.47. The van der Waals surface area contributed by atoms with Gasteiger partial charge in [0.25, 0.3) is 0 Å². The van der Waals surface area contributed by atoms with Crippen LogP contribution in [0.3, 0.4) is 0 Å². The van der Waals surface area contributed by atoms with E-state index in [2.05, 4.69) is 5.32 Å². The molecule has 18 heavy (non-hydrogen) atoms. The normalized spacial score (nSPS) is 20.1. The minimum Gasteiger partial charge on any atom is -0.385 e. The fraction of sp³-hybridized carbons (Fsp3) is 0.500. The number of thioether (sulfide) groups is 1. The molecule has 0 radical (unpaired) electrons. The molecule has 0 saturated carbocycles. The van der Waals surface area contributed by atoms with Gasteiger partial charge in [0.15, 0.2) is 0 Å². The second-order valence-corrected chi connectivity index (χ2v) is 5.86. The number of alkyl halides is 3. The summed E-state index contributed by atoms with van der Waals surface area (Å²) in [6.07, 6.45) is -3.28. The second kappa shape index (κ2) is 5.61. The van der Waals surface area contributed by atoms with Gasteiger partial charge in [-0.1, -0.05) is 11.6 Å². The first-order valence-electron chi connectivity index (χ1n) is 5.65. The van der Waals surface area contributed by atoms with Crippen LogP contribution >= 0.6 is 23.4 Å². The summed E-state index contributed by atoms with van der Waals surface area (Å²) < 4.78 is 38.0. The summed E-state index contributed by atoms with van der Waals surface area (Å²) in [5, 5.41) is 2.79. The Morgan fingerprint density at radius 2 is 2.17 bits per heavy atom. The van der Waals surface area contributed by atoms with E-state index in [9.17, 15) is 13.2 Å². The van der Waals surface area contributed by atoms with Gasteiger partial charge < -0.3 is 5.32 Å². The summed E-state index contributed by atoms with van der Waals surface area (Å²) in [4.78, 5) is 0. The minimum absolute atomic E-state index is 0.260. The smallest absolute Gasteiger partial charge is 0.385 e. The van der Waals surface area contributed by atoms with Crippen molar-refractivity contribution in [2.45, 2.75) is 12.6 Å². The summed E-state index contributed by atoms with van der Waals surface area (Å²) in [5.74, 6) is 2.76. The van der Waals surface area contributed by atoms with Crippen molar-refractivity contribution < 1.29 is 13.2 Å². The maximum absolute atomic E-state index is 12.7. The third-order valence-corrected chi connectivity index (χ3v) is 4.45. The molecule has 1 aromatic carbocycles. The molecule has 1 saturated heterocycles. The summed E-state index contributed by atoms with van der Waals surface area (Å²) in [7, 11) is 0. The molecule has 1 aliphatic heterocycles. The van der Waals surface area contributed by atoms with Gasteiger partial charge in [-0.2, -0.15) is 24.9 Å². The molecule has 0 amide bonds. The molecule has 1 N–H and O–H groups in total. The molecular formula is C12H13ClF3NS. The Labute approximate surface area is 113 Å². The van der Waals surface area contributed by atoms with Gasteiger partial charge in [0.2, 0.25) is 0 Å². The Morgan fingerprint density at radius 1 is 1.39 bits per heavy atom. The van der Waals surface area contributed by atoms with Crippen molar-refractivity contribution >= 4 is 29.1 Å². The van der Waals surface area contributed by atoms with Gasteiger partial charge in [-0.25, -0.2) is 0 Å².